The van der Waals surface area contributed by atoms with E-state index in [2.05, 4.69) is 11.4 Å². The molecule has 3 aliphatic heterocycles. The fourth-order valence-electron chi connectivity index (χ4n) is 4.16. The number of piperidine rings is 1. The Labute approximate surface area is 137 Å². The minimum Gasteiger partial charge on any atom is -0.342 e. The molecule has 1 N–H and O–H groups in total. The summed E-state index contributed by atoms with van der Waals surface area (Å²) in [5, 5.41) is 12.5. The van der Waals surface area contributed by atoms with Crippen LogP contribution < -0.4 is 5.32 Å². The van der Waals surface area contributed by atoms with Gasteiger partial charge in [0.2, 0.25) is 11.8 Å². The van der Waals surface area contributed by atoms with E-state index in [0.29, 0.717) is 13.0 Å². The van der Waals surface area contributed by atoms with E-state index in [-0.39, 0.29) is 35.9 Å². The summed E-state index contributed by atoms with van der Waals surface area (Å²) < 4.78 is 0. The number of rotatable bonds is 2. The lowest BCUT2D eigenvalue weighted by Crippen LogP contribution is -2.46. The number of carbonyl (C=O) groups excluding carboxylic acids is 2. The third kappa shape index (κ3) is 3.20. The molecule has 3 saturated heterocycles. The lowest BCUT2D eigenvalue weighted by atomic mass is 9.96. The first kappa shape index (κ1) is 16.3. The third-order valence-electron chi connectivity index (χ3n) is 5.53. The molecule has 3 rings (SSSR count). The number of nitriles is 1. The summed E-state index contributed by atoms with van der Waals surface area (Å²) in [5.74, 6) is 0.0679. The number of hydrogen-bond acceptors (Lipinski definition) is 4. The van der Waals surface area contributed by atoms with Crippen LogP contribution in [0.5, 0.6) is 0 Å². The highest BCUT2D eigenvalue weighted by atomic mass is 16.2. The van der Waals surface area contributed by atoms with Crippen LogP contribution in [0.15, 0.2) is 0 Å². The van der Waals surface area contributed by atoms with Crippen LogP contribution in [0.2, 0.25) is 0 Å². The van der Waals surface area contributed by atoms with E-state index < -0.39 is 0 Å². The first-order valence-electron chi connectivity index (χ1n) is 8.86. The second kappa shape index (κ2) is 6.88. The van der Waals surface area contributed by atoms with Crippen molar-refractivity contribution >= 4 is 11.8 Å². The Morgan fingerprint density at radius 3 is 2.52 bits per heavy atom. The normalized spacial score (nSPS) is 34.4. The van der Waals surface area contributed by atoms with Crippen LogP contribution in [0, 0.1) is 17.2 Å². The molecule has 3 fully saturated rings. The van der Waals surface area contributed by atoms with Crippen LogP contribution in [-0.2, 0) is 9.59 Å². The van der Waals surface area contributed by atoms with Gasteiger partial charge in [-0.05, 0) is 45.4 Å². The molecule has 0 aromatic heterocycles. The molecular formula is C17H26N4O2. The monoisotopic (exact) mass is 318 g/mol. The lowest BCUT2D eigenvalue weighted by molar-refractivity contribution is -0.136. The number of carbonyl (C=O) groups is 2. The molecule has 0 aliphatic carbocycles. The number of nitrogens with zero attached hydrogens (tertiary/aromatic N) is 3. The van der Waals surface area contributed by atoms with Crippen LogP contribution >= 0.6 is 0 Å². The van der Waals surface area contributed by atoms with Gasteiger partial charge in [-0.2, -0.15) is 5.26 Å². The first-order valence-corrected chi connectivity index (χ1v) is 8.86. The Hall–Kier alpha value is -1.61. The van der Waals surface area contributed by atoms with Gasteiger partial charge in [-0.3, -0.25) is 9.59 Å². The van der Waals surface area contributed by atoms with Crippen molar-refractivity contribution in [1.29, 1.82) is 5.26 Å². The van der Waals surface area contributed by atoms with E-state index in [4.69, 9.17) is 5.26 Å². The quantitative estimate of drug-likeness (QED) is 0.820. The Balaban J connectivity index is 1.62. The average Bonchev–Trinajstić information content (AvgIpc) is 3.20. The third-order valence-corrected chi connectivity index (χ3v) is 5.53. The molecule has 0 spiro atoms. The van der Waals surface area contributed by atoms with Crippen LogP contribution in [0.25, 0.3) is 0 Å². The van der Waals surface area contributed by atoms with Crippen molar-refractivity contribution in [3.05, 3.63) is 0 Å². The maximum Gasteiger partial charge on any atom is 0.240 e. The fourth-order valence-corrected chi connectivity index (χ4v) is 4.16. The highest BCUT2D eigenvalue weighted by molar-refractivity contribution is 5.86. The first-order chi connectivity index (χ1) is 11.1. The van der Waals surface area contributed by atoms with Gasteiger partial charge in [-0.25, -0.2) is 0 Å². The van der Waals surface area contributed by atoms with Gasteiger partial charge in [0, 0.05) is 25.7 Å². The summed E-state index contributed by atoms with van der Waals surface area (Å²) in [4.78, 5) is 29.1. The van der Waals surface area contributed by atoms with Gasteiger partial charge in [0.25, 0.3) is 0 Å². The van der Waals surface area contributed by atoms with Crippen molar-refractivity contribution in [3.63, 3.8) is 0 Å². The molecule has 3 heterocycles. The summed E-state index contributed by atoms with van der Waals surface area (Å²) in [6.07, 6.45) is 5.58. The van der Waals surface area contributed by atoms with E-state index in [1.54, 1.807) is 4.90 Å². The highest BCUT2D eigenvalue weighted by Crippen LogP contribution is 2.27. The molecule has 23 heavy (non-hydrogen) atoms. The van der Waals surface area contributed by atoms with E-state index >= 15 is 0 Å². The zero-order valence-corrected chi connectivity index (χ0v) is 13.8. The minimum absolute atomic E-state index is 0.00477. The predicted octanol–water partition coefficient (Wildman–Crippen LogP) is 0.880. The van der Waals surface area contributed by atoms with Gasteiger partial charge >= 0.3 is 0 Å². The molecule has 0 radical (unpaired) electrons. The van der Waals surface area contributed by atoms with Gasteiger partial charge in [0.1, 0.15) is 6.04 Å². The smallest absolute Gasteiger partial charge is 0.240 e. The molecule has 126 valence electrons. The number of hydrogen-bond donors (Lipinski definition) is 1. The van der Waals surface area contributed by atoms with E-state index in [0.717, 1.165) is 38.8 Å². The number of likely N-dealkylation sites (tertiary alicyclic amines) is 2. The summed E-state index contributed by atoms with van der Waals surface area (Å²) in [6, 6.07) is 1.62. The van der Waals surface area contributed by atoms with Crippen molar-refractivity contribution < 1.29 is 9.59 Å². The Morgan fingerprint density at radius 2 is 1.83 bits per heavy atom. The van der Waals surface area contributed by atoms with Crippen molar-refractivity contribution in [1.82, 2.24) is 15.1 Å². The second-order valence-corrected chi connectivity index (χ2v) is 7.05. The average molecular weight is 318 g/mol. The van der Waals surface area contributed by atoms with Gasteiger partial charge in [0.15, 0.2) is 0 Å². The summed E-state index contributed by atoms with van der Waals surface area (Å²) >= 11 is 0. The highest BCUT2D eigenvalue weighted by Gasteiger charge is 2.43. The van der Waals surface area contributed by atoms with Crippen LogP contribution in [0.3, 0.4) is 0 Å². The predicted molar refractivity (Wildman–Crippen MR) is 85.3 cm³/mol. The second-order valence-electron chi connectivity index (χ2n) is 7.05. The topological polar surface area (TPSA) is 76.4 Å². The van der Waals surface area contributed by atoms with Gasteiger partial charge in [-0.1, -0.05) is 0 Å². The molecular weight excluding hydrogens is 292 g/mol. The maximum atomic E-state index is 12.7. The molecule has 6 nitrogen and oxygen atoms in total. The molecule has 0 saturated carbocycles. The molecule has 0 aromatic rings. The van der Waals surface area contributed by atoms with E-state index in [9.17, 15) is 9.59 Å². The molecule has 3 aliphatic rings. The Kier molecular flexibility index (Phi) is 4.86. The molecule has 0 bridgehead atoms. The lowest BCUT2D eigenvalue weighted by Gasteiger charge is -2.30. The maximum absolute atomic E-state index is 12.7. The Morgan fingerprint density at radius 1 is 1.09 bits per heavy atom. The fraction of sp³-hybridized carbons (Fsp3) is 0.824. The minimum atomic E-state index is -0.322. The SMILES string of the molecule is C[C@@H]1N[C@H](C(=O)N2CCC[C@H]2C#N)C[C@@H]1C(=O)N1CCCCC1. The summed E-state index contributed by atoms with van der Waals surface area (Å²) in [7, 11) is 0. The molecule has 2 amide bonds. The molecule has 6 heteroatoms. The molecule has 4 atom stereocenters. The Bertz CT molecular complexity index is 509. The molecule has 0 aromatic carbocycles. The largest absolute Gasteiger partial charge is 0.342 e. The number of amides is 2. The molecule has 0 unspecified atom stereocenters. The van der Waals surface area contributed by atoms with Gasteiger partial charge in [0.05, 0.1) is 18.0 Å². The van der Waals surface area contributed by atoms with Crippen LogP contribution in [0.1, 0.15) is 45.4 Å². The van der Waals surface area contributed by atoms with Gasteiger partial charge < -0.3 is 15.1 Å². The summed E-state index contributed by atoms with van der Waals surface area (Å²) in [5.41, 5.74) is 0. The van der Waals surface area contributed by atoms with Crippen molar-refractivity contribution in [2.75, 3.05) is 19.6 Å². The van der Waals surface area contributed by atoms with Crippen LogP contribution in [0.4, 0.5) is 0 Å². The summed E-state index contributed by atoms with van der Waals surface area (Å²) in [6.45, 7) is 4.35. The number of nitrogens with one attached hydrogen (secondary N) is 1. The van der Waals surface area contributed by atoms with Gasteiger partial charge in [-0.15, -0.1) is 0 Å². The zero-order valence-electron chi connectivity index (χ0n) is 13.8. The van der Waals surface area contributed by atoms with Crippen molar-refractivity contribution in [2.24, 2.45) is 5.92 Å². The van der Waals surface area contributed by atoms with Crippen molar-refractivity contribution in [2.45, 2.75) is 63.6 Å². The zero-order chi connectivity index (χ0) is 16.4. The van der Waals surface area contributed by atoms with E-state index in [1.165, 1.54) is 6.42 Å². The van der Waals surface area contributed by atoms with Crippen molar-refractivity contribution in [3.8, 4) is 6.07 Å². The van der Waals surface area contributed by atoms with Crippen LogP contribution in [-0.4, -0.2) is 59.4 Å². The standard InChI is InChI=1S/C17H26N4O2/c1-12-14(16(22)20-7-3-2-4-8-20)10-15(19-12)17(23)21-9-5-6-13(21)11-18/h12-15,19H,2-10H2,1H3/t12-,13-,14-,15-/m0/s1. The van der Waals surface area contributed by atoms with E-state index in [1.807, 2.05) is 11.8 Å².